The Kier molecular flexibility index (Phi) is 41.0. The van der Waals surface area contributed by atoms with E-state index in [-0.39, 0.29) is 277 Å². The number of ether oxygens (including phenoxy) is 2. The zero-order valence-corrected chi connectivity index (χ0v) is 32.4. The topological polar surface area (TPSA) is 125 Å². The Hall–Kier alpha value is -1.68. The zero-order valence-electron chi connectivity index (χ0n) is 26.5. The quantitative estimate of drug-likeness (QED) is 0.0313. The minimum absolute atomic E-state index is 0. The summed E-state index contributed by atoms with van der Waals surface area (Å²) in [5.74, 6) is 28.4. The van der Waals surface area contributed by atoms with E-state index in [4.69, 9.17) is 15.9 Å². The first-order valence-corrected chi connectivity index (χ1v) is 15.2. The van der Waals surface area contributed by atoms with Gasteiger partial charge in [0.2, 0.25) is 0 Å². The molecular formula is C33H315Na2O8PS. The van der Waals surface area contributed by atoms with Gasteiger partial charge in [0.05, 0.1) is 14.4 Å². The fourth-order valence-corrected chi connectivity index (χ4v) is 3.60. The number of phosphoric acid groups is 1. The summed E-state index contributed by atoms with van der Waals surface area (Å²) in [7, 11) is -5.32. The maximum absolute atomic E-state index is 12.2. The molecule has 0 aliphatic heterocycles. The van der Waals surface area contributed by atoms with Gasteiger partial charge in [-0.05, 0) is 77.5 Å². The van der Waals surface area contributed by atoms with Crippen molar-refractivity contribution in [1.82, 2.24) is 0 Å². The molecule has 0 heterocycles. The average Bonchev–Trinajstić information content (AvgIpc) is 2.95. The molecule has 0 aliphatic carbocycles. The molecule has 0 N–H and O–H groups in total. The summed E-state index contributed by atoms with van der Waals surface area (Å²) in [4.78, 5) is 45.6. The van der Waals surface area contributed by atoms with Gasteiger partial charge in [0.1, 0.15) is 6.61 Å². The van der Waals surface area contributed by atoms with Crippen LogP contribution in [0.1, 0.15) is 289 Å². The molecule has 12 heteroatoms. The van der Waals surface area contributed by atoms with Crippen LogP contribution in [0.4, 0.5) is 0 Å². The van der Waals surface area contributed by atoms with Crippen molar-refractivity contribution in [2.75, 3.05) is 13.2 Å². The molecule has 1 atom stereocenters. The van der Waals surface area contributed by atoms with Gasteiger partial charge in [-0.2, -0.15) is 13.5 Å². The number of unbranched alkanes of at least 4 members (excludes halogenated alkanes) is 11. The number of terminal acetylenes is 1. The van der Waals surface area contributed by atoms with Crippen LogP contribution in [-0.2, 0) is 28.2 Å². The fraction of sp³-hybridized carbons (Fsp3) is 0.515. The number of carbonyl (C=O) groups excluding carboxylic acids is 2. The molecule has 0 amide bonds. The van der Waals surface area contributed by atoms with Crippen LogP contribution in [0.5, 0.6) is 0 Å². The molecule has 0 rings (SSSR count). The van der Waals surface area contributed by atoms with Crippen molar-refractivity contribution in [1.29, 1.82) is 0 Å². The van der Waals surface area contributed by atoms with Gasteiger partial charge in [0.15, 0.2) is 6.10 Å². The van der Waals surface area contributed by atoms with Gasteiger partial charge in [-0.25, -0.2) is 4.79 Å². The molecule has 0 radical (unpaired) electrons. The number of rotatable bonds is 19. The van der Waals surface area contributed by atoms with Crippen molar-refractivity contribution < 1.29 is 295 Å². The van der Waals surface area contributed by atoms with E-state index in [1.54, 1.807) is 0 Å². The first kappa shape index (κ1) is 50.2. The third-order valence-corrected chi connectivity index (χ3v) is 5.68. The van der Waals surface area contributed by atoms with Crippen molar-refractivity contribution in [2.45, 2.75) is 96.5 Å². The van der Waals surface area contributed by atoms with Crippen LogP contribution in [-0.4, -0.2) is 31.3 Å². The third-order valence-electron chi connectivity index (χ3n) is 5.21. The second kappa shape index (κ2) is 36.8. The zero-order chi connectivity index (χ0) is 31.2. The Morgan fingerprint density at radius 2 is 1.13 bits per heavy atom. The van der Waals surface area contributed by atoms with Crippen molar-refractivity contribution in [3.8, 4) is 83.4 Å². The molecule has 0 aromatic heterocycles. The van der Waals surface area contributed by atoms with Gasteiger partial charge in [-0.3, -0.25) is 4.79 Å². The normalized spacial score (nSPS) is 9.20. The number of phosphoric ester groups is 1. The SMILES string of the molecule is C#CC#CC#CC#CC#CC#CC#CC(=O)OC[C@@H](COP(=O)([O-])[O-])OC(=O)CCCCCCCCCCCCCC.S.[HH].[HH].[HH].[HH].[HH].[HH].[HH].[HH].[HH].[HH].[HH].[HH].[HH].[HH].[HH].[HH].[HH].[HH].[HH].[HH].[HH].[HH].[HH].[HH].[HH].[HH].[HH].[HH].[HH].[HH].[HH].[HH].[HH].[HH].[HH].[HH].[HH].[HH].[HH].[HH].[HH].[HH].[HH].[HH].[HH].[HH].[HH].[HH].[HH].[HH].[HH].[HH].[HH].[HH].[HH].[HH].[HH].[HH].[HH].[HH].[HH].[HH].[HH].[HH].[HH].[HH].[HH].[HH].[HH].[HH].[HH].[HH].[HH].[HH].[HH].[HH].[HH].[HH].[HH].[HH].[HH].[HH].[HH].[HH].[HH].[HH].[HH].[HH].[HH].[HH].[HH].[HH].[HH].[HH].[HH].[HH].[HH].[HH].[HH].[HH].[HH].[HH].[HH].[HH].[HH].[HH].[HH].[HH].[HH].[HH].[HH].[HH].[HH].[HH].[HH].[HH].[HH].[HH].[HH].[HH].[HH].[HH].[HH].[HH].[HH].[HH].[HH].[HH].[HH].[HH].[HH].[HH].[HH].[HH].[HH].[HH].[HH].[HH].[HH].[Na+].[Na+]. The van der Waals surface area contributed by atoms with E-state index in [2.05, 4.69) is 88.4 Å². The van der Waals surface area contributed by atoms with Gasteiger partial charge in [-0.1, -0.05) is 77.6 Å². The first-order chi connectivity index (χ1) is 20.3. The Morgan fingerprint density at radius 1 is 0.711 bits per heavy atom. The van der Waals surface area contributed by atoms with Crippen LogP contribution in [0.2, 0.25) is 0 Å². The van der Waals surface area contributed by atoms with Crippen LogP contribution >= 0.6 is 21.3 Å². The maximum atomic E-state index is 12.2. The monoisotopic (exact) mass is 950 g/mol. The van der Waals surface area contributed by atoms with Gasteiger partial charge in [0.25, 0.3) is 0 Å². The van der Waals surface area contributed by atoms with E-state index in [1.807, 2.05) is 0 Å². The van der Waals surface area contributed by atoms with Crippen LogP contribution in [0, 0.1) is 83.4 Å². The van der Waals surface area contributed by atoms with Gasteiger partial charge >= 0.3 is 71.1 Å². The van der Waals surface area contributed by atoms with E-state index < -0.39 is 39.1 Å². The summed E-state index contributed by atoms with van der Waals surface area (Å²) in [5.41, 5.74) is 0. The van der Waals surface area contributed by atoms with Crippen molar-refractivity contribution >= 4 is 33.3 Å². The predicted molar refractivity (Wildman–Crippen MR) is 460 cm³/mol. The molecule has 0 bridgehead atoms. The van der Waals surface area contributed by atoms with Gasteiger partial charge in [-0.15, -0.1) is 6.42 Å². The van der Waals surface area contributed by atoms with E-state index in [0.29, 0.717) is 6.42 Å². The number of hydrogen-bond donors (Lipinski definition) is 0. The minimum Gasteiger partial charge on any atom is -0.790 e. The second-order valence-electron chi connectivity index (χ2n) is 8.74. The Morgan fingerprint density at radius 3 is 1.58 bits per heavy atom. The molecule has 0 aromatic carbocycles. The van der Waals surface area contributed by atoms with E-state index in [0.717, 1.165) is 19.3 Å². The predicted octanol–water partition coefficient (Wildman–Crippen LogP) is 31.3. The summed E-state index contributed by atoms with van der Waals surface area (Å²) in [6, 6.07) is 0. The van der Waals surface area contributed by atoms with Crippen LogP contribution < -0.4 is 68.9 Å². The smallest absolute Gasteiger partial charge is 0.790 e. The molecule has 45 heavy (non-hydrogen) atoms. The molecule has 0 spiro atoms. The molecule has 0 unspecified atom stereocenters. The average molecular weight is 951 g/mol. The number of carbonyl (C=O) groups is 2. The van der Waals surface area contributed by atoms with E-state index in [1.165, 1.54) is 51.4 Å². The standard InChI is InChI=1S/C33H37O8P.2Na.H2S.139H2/c1-3-5-7-9-11-13-15-17-19-21-23-25-27-32(34)39-29-31(30-40-42(36,37)38)41-33(35)28-26-24-22-20-18-16-14-12-10-8-6-4-2;;;;;;;;;;;;;;;;;;;;;;;;;;;;;;;;;;;;;;;;;;;;;;;;;;;;;;;;;;;;;;;;;;;;;;;;;;;;;;;;;;;;;;;;;;;;;;;;;;;;;;;;;;;;;;;;;;;;;;;;;;;;;;;;;;;;;;;;;;;;;;/h1,31H,4,6,8,10,12,14,16,18,20,22,24,26,28-30H2,2H3,(H2,36,37,38);;;1H2;139*1H/q;2*+1;;;;;;;;;;;;;;;;;;;;;;;;;;;;;;;;;;;;;;;;;;;;;;;;;;;;;;;;;;;;;;;;;;;;;;;;;;;;;;;;;;;;;;;;;;;;;;;;;;;;;;;;;;;;;;;;;;;;;;;;;;;;;;;;;;;;;;;;;;;;/p-2/t31-;;;;;;;;;;;;;;;;;;;;;;;;;;;;;;;;;;;;;;;;;;;;;;;;;;;;;;;;;;;;;;;;;;;;;;;;;;;;;;;;;;;;;;;;;;;;;;;;;;;;;;;;;;;;;;;;;;;;;;;;;;;;;;;;;;;;;;;;;;;;;;/m0............................................................................................................................................../s1. The fourth-order valence-electron chi connectivity index (χ4n) is 3.25. The van der Waals surface area contributed by atoms with Crippen molar-refractivity contribution in [3.63, 3.8) is 0 Å². The minimum atomic E-state index is -5.32. The molecule has 508 valence electrons. The van der Waals surface area contributed by atoms with E-state index >= 15 is 0 Å². The molecule has 8 nitrogen and oxygen atoms in total. The summed E-state index contributed by atoms with van der Waals surface area (Å²) in [6.07, 6.45) is 17.4. The Labute approximate surface area is 527 Å². The number of esters is 2. The third kappa shape index (κ3) is 40.3. The first-order valence-electron chi connectivity index (χ1n) is 13.8. The summed E-state index contributed by atoms with van der Waals surface area (Å²) in [6.45, 7) is 0.861. The summed E-state index contributed by atoms with van der Waals surface area (Å²) in [5, 5.41) is 0. The molecule has 0 aliphatic rings. The Balaban J connectivity index is -0.000000000840. The molecule has 0 aromatic rings. The molecule has 0 fully saturated rings. The van der Waals surface area contributed by atoms with Crippen molar-refractivity contribution in [3.05, 3.63) is 0 Å². The summed E-state index contributed by atoms with van der Waals surface area (Å²) >= 11 is 0. The largest absolute Gasteiger partial charge is 1.00 e. The van der Waals surface area contributed by atoms with Gasteiger partial charge in [0, 0.05) is 211 Å². The van der Waals surface area contributed by atoms with Crippen LogP contribution in [0.3, 0.4) is 0 Å². The van der Waals surface area contributed by atoms with Crippen LogP contribution in [0.25, 0.3) is 0 Å². The molecule has 0 saturated heterocycles. The Bertz CT molecular complexity index is 1460. The molecule has 0 saturated carbocycles. The van der Waals surface area contributed by atoms with Crippen molar-refractivity contribution in [2.24, 2.45) is 0 Å². The second-order valence-corrected chi connectivity index (χ2v) is 9.89. The maximum Gasteiger partial charge on any atom is 1.00 e. The molecular weight excluding hydrogens is 633 g/mol. The van der Waals surface area contributed by atoms with E-state index in [9.17, 15) is 23.9 Å². The number of hydrogen-bond acceptors (Lipinski definition) is 8. The summed E-state index contributed by atoms with van der Waals surface area (Å²) < 4.78 is 25.0. The van der Waals surface area contributed by atoms with Gasteiger partial charge < -0.3 is 28.3 Å². The van der Waals surface area contributed by atoms with Crippen LogP contribution in [0.15, 0.2) is 0 Å².